The highest BCUT2D eigenvalue weighted by Gasteiger charge is 2.13. The number of hydrogen-bond acceptors (Lipinski definition) is 3. The molecule has 0 fully saturated rings. The van der Waals surface area contributed by atoms with E-state index in [1.54, 1.807) is 37.6 Å². The van der Waals surface area contributed by atoms with Gasteiger partial charge in [0.05, 0.1) is 13.4 Å². The predicted molar refractivity (Wildman–Crippen MR) is 87.6 cm³/mol. The summed E-state index contributed by atoms with van der Waals surface area (Å²) in [5, 5.41) is 2.27. The SMILES string of the molecule is COc1ccc2coc(C(=O)C=Cc3ccc(Cl)cc3)c2c1. The monoisotopic (exact) mass is 312 g/mol. The zero-order valence-corrected chi connectivity index (χ0v) is 12.6. The van der Waals surface area contributed by atoms with Crippen molar-refractivity contribution in [3.05, 3.63) is 71.2 Å². The van der Waals surface area contributed by atoms with Gasteiger partial charge in [0, 0.05) is 15.8 Å². The van der Waals surface area contributed by atoms with Crippen molar-refractivity contribution >= 4 is 34.2 Å². The van der Waals surface area contributed by atoms with Crippen LogP contribution in [-0.2, 0) is 0 Å². The topological polar surface area (TPSA) is 39.4 Å². The van der Waals surface area contributed by atoms with E-state index in [0.29, 0.717) is 16.5 Å². The maximum Gasteiger partial charge on any atom is 0.221 e. The first-order valence-electron chi connectivity index (χ1n) is 6.70. The summed E-state index contributed by atoms with van der Waals surface area (Å²) >= 11 is 5.83. The zero-order valence-electron chi connectivity index (χ0n) is 11.9. The van der Waals surface area contributed by atoms with E-state index in [9.17, 15) is 4.79 Å². The van der Waals surface area contributed by atoms with Crippen molar-refractivity contribution in [2.75, 3.05) is 7.11 Å². The summed E-state index contributed by atoms with van der Waals surface area (Å²) in [4.78, 5) is 12.3. The number of carbonyl (C=O) groups excluding carboxylic acids is 1. The van der Waals surface area contributed by atoms with Gasteiger partial charge >= 0.3 is 0 Å². The van der Waals surface area contributed by atoms with E-state index in [-0.39, 0.29) is 5.78 Å². The molecule has 4 heteroatoms. The first kappa shape index (κ1) is 14.4. The lowest BCUT2D eigenvalue weighted by atomic mass is 10.1. The van der Waals surface area contributed by atoms with Crippen molar-refractivity contribution in [1.29, 1.82) is 0 Å². The third-order valence-corrected chi connectivity index (χ3v) is 3.58. The van der Waals surface area contributed by atoms with E-state index in [0.717, 1.165) is 16.3 Å². The molecule has 0 radical (unpaired) electrons. The van der Waals surface area contributed by atoms with E-state index < -0.39 is 0 Å². The molecule has 0 N–H and O–H groups in total. The Kier molecular flexibility index (Phi) is 3.98. The van der Waals surface area contributed by atoms with Crippen LogP contribution in [0, 0.1) is 0 Å². The van der Waals surface area contributed by atoms with Crippen molar-refractivity contribution in [1.82, 2.24) is 0 Å². The highest BCUT2D eigenvalue weighted by Crippen LogP contribution is 2.26. The third-order valence-electron chi connectivity index (χ3n) is 3.33. The molecule has 0 saturated heterocycles. The van der Waals surface area contributed by atoms with Crippen molar-refractivity contribution in [2.24, 2.45) is 0 Å². The number of fused-ring (bicyclic) bond motifs is 1. The molecular weight excluding hydrogens is 300 g/mol. The van der Waals surface area contributed by atoms with Gasteiger partial charge in [-0.2, -0.15) is 0 Å². The van der Waals surface area contributed by atoms with Crippen LogP contribution in [0.25, 0.3) is 16.8 Å². The van der Waals surface area contributed by atoms with Gasteiger partial charge in [-0.05, 0) is 42.0 Å². The molecule has 0 aliphatic heterocycles. The Morgan fingerprint density at radius 3 is 2.68 bits per heavy atom. The maximum atomic E-state index is 12.3. The van der Waals surface area contributed by atoms with E-state index in [1.165, 1.54) is 6.08 Å². The molecule has 0 amide bonds. The fourth-order valence-corrected chi connectivity index (χ4v) is 2.29. The normalized spacial score (nSPS) is 11.2. The van der Waals surface area contributed by atoms with Gasteiger partial charge in [-0.3, -0.25) is 4.79 Å². The number of methoxy groups -OCH3 is 1. The van der Waals surface area contributed by atoms with Crippen LogP contribution < -0.4 is 4.74 Å². The van der Waals surface area contributed by atoms with Gasteiger partial charge in [0.2, 0.25) is 5.78 Å². The predicted octanol–water partition coefficient (Wildman–Crippen LogP) is 4.99. The summed E-state index contributed by atoms with van der Waals surface area (Å²) in [5.74, 6) is 0.793. The molecule has 1 aromatic heterocycles. The number of halogens is 1. The second-order valence-corrected chi connectivity index (χ2v) is 5.20. The minimum Gasteiger partial charge on any atom is -0.497 e. The van der Waals surface area contributed by atoms with Gasteiger partial charge in [-0.15, -0.1) is 0 Å². The number of carbonyl (C=O) groups is 1. The Morgan fingerprint density at radius 2 is 1.95 bits per heavy atom. The van der Waals surface area contributed by atoms with Crippen LogP contribution in [0.1, 0.15) is 16.1 Å². The van der Waals surface area contributed by atoms with Crippen molar-refractivity contribution in [2.45, 2.75) is 0 Å². The number of allylic oxidation sites excluding steroid dienone is 1. The molecule has 0 aliphatic carbocycles. The quantitative estimate of drug-likeness (QED) is 0.503. The summed E-state index contributed by atoms with van der Waals surface area (Å²) in [6.07, 6.45) is 4.78. The van der Waals surface area contributed by atoms with Crippen molar-refractivity contribution in [3.63, 3.8) is 0 Å². The van der Waals surface area contributed by atoms with Gasteiger partial charge < -0.3 is 9.15 Å². The minimum atomic E-state index is -0.196. The van der Waals surface area contributed by atoms with Gasteiger partial charge in [-0.25, -0.2) is 0 Å². The molecule has 1 heterocycles. The molecule has 3 nitrogen and oxygen atoms in total. The molecule has 22 heavy (non-hydrogen) atoms. The second kappa shape index (κ2) is 6.08. The van der Waals surface area contributed by atoms with E-state index in [1.807, 2.05) is 24.3 Å². The highest BCUT2D eigenvalue weighted by atomic mass is 35.5. The van der Waals surface area contributed by atoms with E-state index in [2.05, 4.69) is 0 Å². The molecule has 110 valence electrons. The maximum absolute atomic E-state index is 12.3. The van der Waals surface area contributed by atoms with Crippen molar-refractivity contribution < 1.29 is 13.9 Å². The summed E-state index contributed by atoms with van der Waals surface area (Å²) < 4.78 is 10.6. The van der Waals surface area contributed by atoms with Crippen LogP contribution in [-0.4, -0.2) is 12.9 Å². The zero-order chi connectivity index (χ0) is 15.5. The van der Waals surface area contributed by atoms with Crippen LogP contribution in [0.3, 0.4) is 0 Å². The van der Waals surface area contributed by atoms with Crippen LogP contribution >= 0.6 is 11.6 Å². The van der Waals surface area contributed by atoms with Gasteiger partial charge in [0.25, 0.3) is 0 Å². The molecule has 0 atom stereocenters. The summed E-state index contributed by atoms with van der Waals surface area (Å²) in [7, 11) is 1.59. The fraction of sp³-hybridized carbons (Fsp3) is 0.0556. The minimum absolute atomic E-state index is 0.196. The summed E-state index contributed by atoms with van der Waals surface area (Å²) in [6, 6.07) is 12.7. The van der Waals surface area contributed by atoms with Crippen LogP contribution in [0.5, 0.6) is 5.75 Å². The van der Waals surface area contributed by atoms with Gasteiger partial charge in [0.1, 0.15) is 5.75 Å². The second-order valence-electron chi connectivity index (χ2n) is 4.77. The Balaban J connectivity index is 1.90. The molecule has 3 rings (SSSR count). The molecule has 0 bridgehead atoms. The molecule has 2 aromatic carbocycles. The third kappa shape index (κ3) is 2.90. The molecule has 0 unspecified atom stereocenters. The molecule has 0 saturated carbocycles. The smallest absolute Gasteiger partial charge is 0.221 e. The van der Waals surface area contributed by atoms with Gasteiger partial charge in [0.15, 0.2) is 5.76 Å². The molecular formula is C18H13ClO3. The van der Waals surface area contributed by atoms with E-state index >= 15 is 0 Å². The molecule has 0 spiro atoms. The lowest BCUT2D eigenvalue weighted by molar-refractivity contribution is 0.102. The van der Waals surface area contributed by atoms with Crippen molar-refractivity contribution in [3.8, 4) is 5.75 Å². The number of ketones is 1. The number of furan rings is 1. The summed E-state index contributed by atoms with van der Waals surface area (Å²) in [6.45, 7) is 0. The average Bonchev–Trinajstić information content (AvgIpc) is 2.97. The number of hydrogen-bond donors (Lipinski definition) is 0. The first-order valence-corrected chi connectivity index (χ1v) is 7.08. The Labute approximate surface area is 132 Å². The summed E-state index contributed by atoms with van der Waals surface area (Å²) in [5.41, 5.74) is 0.895. The number of ether oxygens (including phenoxy) is 1. The molecule has 3 aromatic rings. The molecule has 0 aliphatic rings. The Bertz CT molecular complexity index is 844. The standard InChI is InChI=1S/C18H13ClO3/c1-21-15-8-5-13-11-22-18(16(13)10-15)17(20)9-4-12-2-6-14(19)7-3-12/h2-11H,1H3. The highest BCUT2D eigenvalue weighted by molar-refractivity contribution is 6.30. The van der Waals surface area contributed by atoms with Crippen LogP contribution in [0.4, 0.5) is 0 Å². The Morgan fingerprint density at radius 1 is 1.18 bits per heavy atom. The fourth-order valence-electron chi connectivity index (χ4n) is 2.16. The van der Waals surface area contributed by atoms with Gasteiger partial charge in [-0.1, -0.05) is 29.8 Å². The largest absolute Gasteiger partial charge is 0.497 e. The average molecular weight is 313 g/mol. The van der Waals surface area contributed by atoms with Crippen LogP contribution in [0.2, 0.25) is 5.02 Å². The lowest BCUT2D eigenvalue weighted by Crippen LogP contribution is -1.92. The van der Waals surface area contributed by atoms with Crippen LogP contribution in [0.15, 0.2) is 59.2 Å². The number of rotatable bonds is 4. The first-order chi connectivity index (χ1) is 10.7. The van der Waals surface area contributed by atoms with E-state index in [4.69, 9.17) is 20.8 Å². The number of benzene rings is 2. The lowest BCUT2D eigenvalue weighted by Gasteiger charge is -1.99. The Hall–Kier alpha value is -2.52.